The minimum atomic E-state index is -6.09. The zero-order valence-corrected chi connectivity index (χ0v) is 60.5. The van der Waals surface area contributed by atoms with Crippen molar-refractivity contribution in [2.24, 2.45) is 17.2 Å². The predicted octanol–water partition coefficient (Wildman–Crippen LogP) is 11.0. The van der Waals surface area contributed by atoms with Crippen molar-refractivity contribution in [2.45, 2.75) is 158 Å². The maximum Gasteiger partial charge on any atom is 2.00 e. The van der Waals surface area contributed by atoms with Crippen molar-refractivity contribution in [3.63, 3.8) is 0 Å². The first kappa shape index (κ1) is 101. The van der Waals surface area contributed by atoms with Crippen LogP contribution >= 0.6 is 0 Å². The molecule has 3 aromatic carbocycles. The first-order valence-electron chi connectivity index (χ1n) is 26.2. The van der Waals surface area contributed by atoms with Crippen LogP contribution in [0.3, 0.4) is 0 Å². The van der Waals surface area contributed by atoms with Gasteiger partial charge in [-0.1, -0.05) is 195 Å². The van der Waals surface area contributed by atoms with Crippen LogP contribution in [0.5, 0.6) is 0 Å². The van der Waals surface area contributed by atoms with Crippen molar-refractivity contribution in [1.82, 2.24) is 0 Å². The van der Waals surface area contributed by atoms with Gasteiger partial charge in [-0.3, -0.25) is 14.4 Å². The predicted molar refractivity (Wildman–Crippen MR) is 318 cm³/mol. The molecule has 0 spiro atoms. The number of carboxylic acids is 3. The molecule has 0 heterocycles. The molecule has 3 atom stereocenters. The van der Waals surface area contributed by atoms with Gasteiger partial charge in [0.1, 0.15) is 18.1 Å². The summed E-state index contributed by atoms with van der Waals surface area (Å²) in [5, 5.41) is 25.6. The Labute approximate surface area is 582 Å². The van der Waals surface area contributed by atoms with E-state index in [0.717, 1.165) is 16.7 Å². The molecular weight excluding hydrogens is 1580 g/mol. The Kier molecular flexibility index (Phi) is 49.4. The number of hydrogen-bond acceptors (Lipinski definition) is 15. The molecule has 3 fully saturated rings. The van der Waals surface area contributed by atoms with Crippen LogP contribution < -0.4 is 17.2 Å². The summed E-state index contributed by atoms with van der Waals surface area (Å²) in [6, 6.07) is 25.6. The average molecular weight is 1660 g/mol. The molecule has 0 saturated heterocycles. The second kappa shape index (κ2) is 45.5. The fraction of sp³-hybridized carbons (Fsp3) is 0.400. The van der Waals surface area contributed by atoms with Crippen LogP contribution in [-0.2, 0) is 122 Å². The van der Waals surface area contributed by atoms with Crippen LogP contribution in [-0.4, -0.2) is 107 Å². The number of carboxylic acid groups (broad SMARTS) is 3. The fourth-order valence-corrected chi connectivity index (χ4v) is 7.08. The van der Waals surface area contributed by atoms with Gasteiger partial charge in [0, 0.05) is 0 Å². The number of rotatable bonds is 9. The normalized spacial score (nSPS) is 17.6. The number of alkyl halides is 9. The van der Waals surface area contributed by atoms with Gasteiger partial charge >= 0.3 is 92.9 Å². The minimum Gasteiger partial charge on any atom is -0.741 e. The molecule has 18 radical (unpaired) electrons. The zero-order valence-electron chi connectivity index (χ0n) is 53.1. The Morgan fingerprint density at radius 3 is 0.495 bits per heavy atom. The summed E-state index contributed by atoms with van der Waals surface area (Å²) in [6.45, 7) is 33.0. The van der Waals surface area contributed by atoms with Crippen molar-refractivity contribution in [2.75, 3.05) is 0 Å². The average Bonchev–Trinajstić information content (AvgIpc) is 1.73. The van der Waals surface area contributed by atoms with Crippen LogP contribution in [0.25, 0.3) is 0 Å². The van der Waals surface area contributed by atoms with Crippen molar-refractivity contribution in [3.05, 3.63) is 196 Å². The van der Waals surface area contributed by atoms with E-state index < -0.39 is 82.9 Å². The first-order valence-corrected chi connectivity index (χ1v) is 30.5. The summed E-state index contributed by atoms with van der Waals surface area (Å²) >= 11 is 0. The van der Waals surface area contributed by atoms with E-state index in [1.165, 1.54) is 88.8 Å². The molecule has 0 bridgehead atoms. The quantitative estimate of drug-likeness (QED) is 0.0501. The van der Waals surface area contributed by atoms with Crippen LogP contribution in [0.1, 0.15) is 121 Å². The topological polar surface area (TPSA) is 362 Å². The minimum absolute atomic E-state index is 0. The summed E-state index contributed by atoms with van der Waals surface area (Å²) in [5.74, 6) is 19.1. The molecule has 0 amide bonds. The third-order valence-corrected chi connectivity index (χ3v) is 15.8. The molecule has 93 heavy (non-hydrogen) atoms. The zero-order chi connectivity index (χ0) is 71.6. The largest absolute Gasteiger partial charge is 2.00 e. The van der Waals surface area contributed by atoms with Crippen LogP contribution in [0.4, 0.5) is 39.5 Å². The molecule has 0 aromatic heterocycles. The molecular formula is C60H78F9N3O15Rh3S3+3. The number of hydrogen-bond donors (Lipinski definition) is 6. The summed E-state index contributed by atoms with van der Waals surface area (Å²) in [6.07, 6.45) is 1.16. The molecule has 0 unspecified atom stereocenters. The van der Waals surface area contributed by atoms with Crippen molar-refractivity contribution in [3.8, 4) is 0 Å². The number of benzene rings is 3. The molecule has 9 N–H and O–H groups in total. The molecule has 528 valence electrons. The van der Waals surface area contributed by atoms with E-state index in [-0.39, 0.29) is 58.4 Å². The molecule has 33 heteroatoms. The van der Waals surface area contributed by atoms with Gasteiger partial charge in [0.15, 0.2) is 30.4 Å². The summed E-state index contributed by atoms with van der Waals surface area (Å²) in [4.78, 5) is 31.1. The van der Waals surface area contributed by atoms with E-state index in [0.29, 0.717) is 19.3 Å². The number of halogens is 9. The van der Waals surface area contributed by atoms with Gasteiger partial charge in [-0.25, -0.2) is 25.3 Å². The SMILES string of the molecule is C[C]1[C](C)[C](C)[C](C)[C]1C.C[C]1[C](C)[C](C)[C](C)[C]1C.C[C]1[C](C)[C](C)[C](C)[C]1C.N[C@@H](Cc1ccccc1)C(=O)O.N[C@@H](Cc1ccccc1)C(=O)O.N[C@@H](Cc1ccccc1)C(=O)O.O=S(=O)([O-])C(F)(F)F.O=S(=O)([O-])C(F)(F)F.O=S(=O)([O-])C(F)(F)F.[Rh+2].[Rh+2].[Rh+2]. The van der Waals surface area contributed by atoms with Gasteiger partial charge in [-0.2, -0.15) is 39.5 Å². The Morgan fingerprint density at radius 1 is 0.323 bits per heavy atom. The van der Waals surface area contributed by atoms with Crippen molar-refractivity contribution < 1.29 is 167 Å². The molecule has 3 aliphatic carbocycles. The second-order valence-electron chi connectivity index (χ2n) is 20.0. The monoisotopic (exact) mass is 1660 g/mol. The fourth-order valence-electron chi connectivity index (χ4n) is 7.08. The molecule has 3 saturated carbocycles. The van der Waals surface area contributed by atoms with E-state index in [1.807, 2.05) is 91.0 Å². The third kappa shape index (κ3) is 38.6. The van der Waals surface area contributed by atoms with E-state index in [1.54, 1.807) is 0 Å². The smallest absolute Gasteiger partial charge is 0.741 e. The Morgan fingerprint density at radius 2 is 0.419 bits per heavy atom. The van der Waals surface area contributed by atoms with Crippen LogP contribution in [0, 0.1) is 88.8 Å². The Hall–Kier alpha value is -3.08. The third-order valence-electron chi connectivity index (χ3n) is 14.1. The standard InChI is InChI=1S/3C10H15.3C9H11NO2.3CHF3O3S.3Rh/c3*1-6-7(2)9(4)10(5)8(6)3;3*10-8(9(11)12)6-7-4-2-1-3-5-7;3*2-1(3,4)8(5,6)7;;;/h3*1-5H3;3*1-5,8H,6,10H2,(H,11,12);3*(H,5,6,7);;;/q;;;;;;;;;3*+2/p-3/t;;;3*8-;;;;;;/m...000....../s1. The molecule has 0 aliphatic heterocycles. The van der Waals surface area contributed by atoms with Gasteiger partial charge in [0.25, 0.3) is 0 Å². The molecule has 18 nitrogen and oxygen atoms in total. The van der Waals surface area contributed by atoms with Gasteiger partial charge in [0.05, 0.1) is 0 Å². The molecule has 3 aromatic rings. The molecule has 3 aliphatic rings. The second-order valence-corrected chi connectivity index (χ2v) is 24.1. The Bertz CT molecular complexity index is 2460. The van der Waals surface area contributed by atoms with Gasteiger partial charge in [0.2, 0.25) is 0 Å². The van der Waals surface area contributed by atoms with Gasteiger partial charge in [-0.05, 0) is 125 Å². The van der Waals surface area contributed by atoms with Gasteiger partial charge < -0.3 is 46.2 Å². The van der Waals surface area contributed by atoms with Crippen molar-refractivity contribution >= 4 is 48.3 Å². The van der Waals surface area contributed by atoms with E-state index in [4.69, 9.17) is 71.4 Å². The maximum absolute atomic E-state index is 10.7. The number of nitrogens with two attached hydrogens (primary N) is 3. The maximum atomic E-state index is 10.7. The van der Waals surface area contributed by atoms with Crippen molar-refractivity contribution in [1.29, 1.82) is 0 Å². The van der Waals surface area contributed by atoms with E-state index in [9.17, 15) is 53.9 Å². The van der Waals surface area contributed by atoms with E-state index >= 15 is 0 Å². The van der Waals surface area contributed by atoms with E-state index in [2.05, 4.69) is 104 Å². The number of carbonyl (C=O) groups is 3. The first-order chi connectivity index (χ1) is 40.5. The van der Waals surface area contributed by atoms with Crippen LogP contribution in [0.15, 0.2) is 91.0 Å². The summed E-state index contributed by atoms with van der Waals surface area (Å²) in [7, 11) is -18.3. The summed E-state index contributed by atoms with van der Waals surface area (Å²) in [5.41, 5.74) is 1.96. The van der Waals surface area contributed by atoms with Gasteiger partial charge in [-0.15, -0.1) is 0 Å². The molecule has 6 rings (SSSR count). The van der Waals surface area contributed by atoms with Crippen LogP contribution in [0.2, 0.25) is 0 Å². The summed E-state index contributed by atoms with van der Waals surface area (Å²) < 4.78 is 177. The number of aliphatic carboxylic acids is 3. The Balaban J connectivity index is -0.000000229.